The first-order valence-corrected chi connectivity index (χ1v) is 7.93. The minimum atomic E-state index is -0.334. The summed E-state index contributed by atoms with van der Waals surface area (Å²) in [5.74, 6) is -0.0183. The number of halogens is 1. The Bertz CT molecular complexity index is 524. The van der Waals surface area contributed by atoms with E-state index in [2.05, 4.69) is 19.2 Å². The topological polar surface area (TPSA) is 32.3 Å². The molecule has 1 aliphatic heterocycles. The lowest BCUT2D eigenvalue weighted by Gasteiger charge is -2.30. The van der Waals surface area contributed by atoms with Crippen LogP contribution in [0.3, 0.4) is 0 Å². The van der Waals surface area contributed by atoms with Crippen molar-refractivity contribution in [1.82, 2.24) is 10.2 Å². The van der Waals surface area contributed by atoms with E-state index in [0.29, 0.717) is 0 Å². The van der Waals surface area contributed by atoms with E-state index in [-0.39, 0.29) is 29.5 Å². The summed E-state index contributed by atoms with van der Waals surface area (Å²) < 4.78 is 13.1. The zero-order chi connectivity index (χ0) is 15.0. The van der Waals surface area contributed by atoms with E-state index < -0.39 is 0 Å². The highest BCUT2D eigenvalue weighted by molar-refractivity contribution is 5.92. The second kappa shape index (κ2) is 5.41. The van der Waals surface area contributed by atoms with Crippen LogP contribution in [0.25, 0.3) is 0 Å². The standard InChI is InChI=1S/C17H23FN2O/c1-3-4-5-12(2)20-15(13-6-8-14(18)9-7-13)19-17(10-11-17)16(20)21/h6-9,12,15,19H,3-5,10-11H2,1-2H3. The summed E-state index contributed by atoms with van der Waals surface area (Å²) in [6.07, 6.45) is 4.98. The van der Waals surface area contributed by atoms with Crippen molar-refractivity contribution < 1.29 is 9.18 Å². The number of carbonyl (C=O) groups excluding carboxylic acids is 1. The summed E-state index contributed by atoms with van der Waals surface area (Å²) in [6.45, 7) is 4.28. The van der Waals surface area contributed by atoms with Crippen LogP contribution in [-0.4, -0.2) is 22.4 Å². The first-order valence-electron chi connectivity index (χ1n) is 7.93. The molecule has 1 aliphatic carbocycles. The molecule has 1 aromatic carbocycles. The van der Waals surface area contributed by atoms with Gasteiger partial charge in [-0.15, -0.1) is 0 Å². The lowest BCUT2D eigenvalue weighted by molar-refractivity contribution is -0.132. The Balaban J connectivity index is 1.85. The Kier molecular flexibility index (Phi) is 3.74. The third-order valence-corrected chi connectivity index (χ3v) is 4.72. The predicted molar refractivity (Wildman–Crippen MR) is 80.1 cm³/mol. The lowest BCUT2D eigenvalue weighted by atomic mass is 10.1. The number of benzene rings is 1. The fourth-order valence-electron chi connectivity index (χ4n) is 3.22. The molecule has 1 heterocycles. The average Bonchev–Trinajstić information content (AvgIpc) is 3.19. The molecule has 1 saturated carbocycles. The quantitative estimate of drug-likeness (QED) is 0.901. The number of unbranched alkanes of at least 4 members (excludes halogenated alkanes) is 1. The molecular formula is C17H23FN2O. The summed E-state index contributed by atoms with van der Waals surface area (Å²) in [4.78, 5) is 14.7. The molecule has 0 bridgehead atoms. The normalized spacial score (nSPS) is 24.6. The molecule has 2 aliphatic rings. The minimum absolute atomic E-state index is 0.118. The molecule has 4 heteroatoms. The van der Waals surface area contributed by atoms with Crippen LogP contribution in [0.15, 0.2) is 24.3 Å². The predicted octanol–water partition coefficient (Wildman–Crippen LogP) is 3.37. The molecule has 1 saturated heterocycles. The van der Waals surface area contributed by atoms with Crippen LogP contribution in [0.1, 0.15) is 57.7 Å². The van der Waals surface area contributed by atoms with E-state index in [1.165, 1.54) is 12.1 Å². The van der Waals surface area contributed by atoms with Gasteiger partial charge in [0.2, 0.25) is 5.91 Å². The number of hydrogen-bond donors (Lipinski definition) is 1. The van der Waals surface area contributed by atoms with Gasteiger partial charge in [0.25, 0.3) is 0 Å². The summed E-state index contributed by atoms with van der Waals surface area (Å²) in [6, 6.07) is 6.70. The monoisotopic (exact) mass is 290 g/mol. The molecule has 0 aromatic heterocycles. The Hall–Kier alpha value is -1.42. The van der Waals surface area contributed by atoms with Crippen LogP contribution in [0.2, 0.25) is 0 Å². The molecule has 1 spiro atoms. The molecule has 1 N–H and O–H groups in total. The van der Waals surface area contributed by atoms with E-state index in [9.17, 15) is 9.18 Å². The second-order valence-electron chi connectivity index (χ2n) is 6.38. The van der Waals surface area contributed by atoms with Crippen LogP contribution in [-0.2, 0) is 4.79 Å². The highest BCUT2D eigenvalue weighted by Crippen LogP contribution is 2.47. The maximum Gasteiger partial charge on any atom is 0.244 e. The van der Waals surface area contributed by atoms with Crippen molar-refractivity contribution in [3.05, 3.63) is 35.6 Å². The SMILES string of the molecule is CCCCC(C)N1C(=O)C2(CC2)NC1c1ccc(F)cc1. The zero-order valence-corrected chi connectivity index (χ0v) is 12.7. The number of carbonyl (C=O) groups is 1. The van der Waals surface area contributed by atoms with Gasteiger partial charge in [0.15, 0.2) is 0 Å². The van der Waals surface area contributed by atoms with Crippen molar-refractivity contribution in [1.29, 1.82) is 0 Å². The van der Waals surface area contributed by atoms with Crippen molar-refractivity contribution in [3.8, 4) is 0 Å². The molecule has 2 fully saturated rings. The van der Waals surface area contributed by atoms with Crippen LogP contribution in [0.4, 0.5) is 4.39 Å². The number of nitrogens with one attached hydrogen (secondary N) is 1. The molecule has 0 radical (unpaired) electrons. The van der Waals surface area contributed by atoms with Gasteiger partial charge in [-0.3, -0.25) is 10.1 Å². The molecule has 21 heavy (non-hydrogen) atoms. The smallest absolute Gasteiger partial charge is 0.244 e. The largest absolute Gasteiger partial charge is 0.319 e. The molecule has 1 aromatic rings. The zero-order valence-electron chi connectivity index (χ0n) is 12.7. The molecule has 2 unspecified atom stereocenters. The van der Waals surface area contributed by atoms with Gasteiger partial charge >= 0.3 is 0 Å². The van der Waals surface area contributed by atoms with Gasteiger partial charge in [0.1, 0.15) is 17.5 Å². The fraction of sp³-hybridized carbons (Fsp3) is 0.588. The highest BCUT2D eigenvalue weighted by atomic mass is 19.1. The van der Waals surface area contributed by atoms with Gasteiger partial charge in [0.05, 0.1) is 0 Å². The average molecular weight is 290 g/mol. The Labute approximate surface area is 125 Å². The number of hydrogen-bond acceptors (Lipinski definition) is 2. The van der Waals surface area contributed by atoms with Crippen molar-refractivity contribution in [2.75, 3.05) is 0 Å². The van der Waals surface area contributed by atoms with Gasteiger partial charge in [-0.05, 0) is 43.9 Å². The maximum absolute atomic E-state index is 13.1. The Morgan fingerprint density at radius 3 is 2.62 bits per heavy atom. The van der Waals surface area contributed by atoms with Crippen molar-refractivity contribution in [3.63, 3.8) is 0 Å². The van der Waals surface area contributed by atoms with Gasteiger partial charge in [0, 0.05) is 6.04 Å². The van der Waals surface area contributed by atoms with Crippen LogP contribution in [0.5, 0.6) is 0 Å². The number of nitrogens with zero attached hydrogens (tertiary/aromatic N) is 1. The van der Waals surface area contributed by atoms with E-state index in [4.69, 9.17) is 0 Å². The molecule has 3 rings (SSSR count). The van der Waals surface area contributed by atoms with E-state index in [0.717, 1.165) is 37.7 Å². The molecular weight excluding hydrogens is 267 g/mol. The van der Waals surface area contributed by atoms with Gasteiger partial charge in [-0.2, -0.15) is 0 Å². The van der Waals surface area contributed by atoms with Gasteiger partial charge in [-0.1, -0.05) is 31.9 Å². The maximum atomic E-state index is 13.1. The highest BCUT2D eigenvalue weighted by Gasteiger charge is 2.60. The third-order valence-electron chi connectivity index (χ3n) is 4.72. The number of rotatable bonds is 5. The first kappa shape index (κ1) is 14.5. The molecule has 114 valence electrons. The van der Waals surface area contributed by atoms with E-state index >= 15 is 0 Å². The summed E-state index contributed by atoms with van der Waals surface area (Å²) in [5, 5.41) is 3.49. The Morgan fingerprint density at radius 1 is 1.38 bits per heavy atom. The minimum Gasteiger partial charge on any atom is -0.319 e. The van der Waals surface area contributed by atoms with E-state index in [1.54, 1.807) is 12.1 Å². The number of amides is 1. The third kappa shape index (κ3) is 2.57. The fourth-order valence-corrected chi connectivity index (χ4v) is 3.22. The Morgan fingerprint density at radius 2 is 2.05 bits per heavy atom. The van der Waals surface area contributed by atoms with E-state index in [1.807, 2.05) is 4.90 Å². The van der Waals surface area contributed by atoms with Crippen molar-refractivity contribution in [2.45, 2.75) is 63.7 Å². The molecule has 1 amide bonds. The summed E-state index contributed by atoms with van der Waals surface area (Å²) in [7, 11) is 0. The van der Waals surface area contributed by atoms with Gasteiger partial charge in [-0.25, -0.2) is 4.39 Å². The molecule has 2 atom stereocenters. The van der Waals surface area contributed by atoms with Crippen LogP contribution >= 0.6 is 0 Å². The van der Waals surface area contributed by atoms with Crippen LogP contribution in [0, 0.1) is 5.82 Å². The van der Waals surface area contributed by atoms with Gasteiger partial charge < -0.3 is 4.90 Å². The van der Waals surface area contributed by atoms with Crippen molar-refractivity contribution >= 4 is 5.91 Å². The van der Waals surface area contributed by atoms with Crippen LogP contribution < -0.4 is 5.32 Å². The first-order chi connectivity index (χ1) is 10.1. The van der Waals surface area contributed by atoms with Crippen molar-refractivity contribution in [2.24, 2.45) is 0 Å². The lowest BCUT2D eigenvalue weighted by Crippen LogP contribution is -2.38. The summed E-state index contributed by atoms with van der Waals surface area (Å²) >= 11 is 0. The summed E-state index contributed by atoms with van der Waals surface area (Å²) in [5.41, 5.74) is 0.636. The molecule has 3 nitrogen and oxygen atoms in total. The second-order valence-corrected chi connectivity index (χ2v) is 6.38.